The molecule has 1 atom stereocenters. The molecule has 0 spiro atoms. The van der Waals surface area contributed by atoms with E-state index in [2.05, 4.69) is 0 Å². The molecule has 0 bridgehead atoms. The highest BCUT2D eigenvalue weighted by molar-refractivity contribution is 8.14. The third-order valence-electron chi connectivity index (χ3n) is 2.92. The van der Waals surface area contributed by atoms with Crippen LogP contribution < -0.4 is 10.6 Å². The van der Waals surface area contributed by atoms with Crippen LogP contribution in [0.3, 0.4) is 0 Å². The zero-order valence-electron chi connectivity index (χ0n) is 10.3. The first-order chi connectivity index (χ1) is 8.61. The van der Waals surface area contributed by atoms with Crippen LogP contribution in [0, 0.1) is 0 Å². The van der Waals surface area contributed by atoms with Gasteiger partial charge in [-0.1, -0.05) is 30.0 Å². The zero-order valence-corrected chi connectivity index (χ0v) is 11.1. The Morgan fingerprint density at radius 1 is 1.50 bits per heavy atom. The van der Waals surface area contributed by atoms with Gasteiger partial charge in [0, 0.05) is 37.4 Å². The van der Waals surface area contributed by atoms with Gasteiger partial charge in [0.2, 0.25) is 5.91 Å². The fourth-order valence-corrected chi connectivity index (χ4v) is 3.09. The summed E-state index contributed by atoms with van der Waals surface area (Å²) in [6, 6.07) is 7.64. The topological polar surface area (TPSA) is 63.4 Å². The van der Waals surface area contributed by atoms with E-state index < -0.39 is 0 Å². The molecule has 2 N–H and O–H groups in total. The Balaban J connectivity index is 2.19. The second-order valence-electron chi connectivity index (χ2n) is 4.27. The quantitative estimate of drug-likeness (QED) is 0.899. The molecular weight excluding hydrogens is 248 g/mol. The van der Waals surface area contributed by atoms with Crippen LogP contribution in [-0.2, 0) is 16.1 Å². The van der Waals surface area contributed by atoms with Crippen LogP contribution in [-0.4, -0.2) is 22.8 Å². The number of hydrogen-bond acceptors (Lipinski definition) is 4. The van der Waals surface area contributed by atoms with E-state index in [1.54, 1.807) is 4.90 Å². The normalized spacial score (nSPS) is 19.3. The van der Waals surface area contributed by atoms with Crippen LogP contribution >= 0.6 is 11.8 Å². The summed E-state index contributed by atoms with van der Waals surface area (Å²) in [5.41, 5.74) is 7.51. The Kier molecular flexibility index (Phi) is 4.04. The van der Waals surface area contributed by atoms with Gasteiger partial charge in [-0.3, -0.25) is 9.59 Å². The molecule has 5 heteroatoms. The molecule has 1 amide bonds. The van der Waals surface area contributed by atoms with Crippen molar-refractivity contribution in [3.8, 4) is 0 Å². The molecular formula is C13H16N2O2S. The van der Waals surface area contributed by atoms with E-state index in [1.807, 2.05) is 24.3 Å². The average molecular weight is 264 g/mol. The summed E-state index contributed by atoms with van der Waals surface area (Å²) >= 11 is 1.25. The predicted molar refractivity (Wildman–Crippen MR) is 73.4 cm³/mol. The molecule has 0 aliphatic carbocycles. The molecule has 1 aliphatic heterocycles. The van der Waals surface area contributed by atoms with Crippen molar-refractivity contribution in [1.29, 1.82) is 0 Å². The second kappa shape index (κ2) is 5.54. The molecule has 1 aromatic carbocycles. The lowest BCUT2D eigenvalue weighted by molar-refractivity contribution is -0.117. The number of rotatable bonds is 3. The van der Waals surface area contributed by atoms with E-state index in [9.17, 15) is 9.59 Å². The molecule has 18 heavy (non-hydrogen) atoms. The van der Waals surface area contributed by atoms with Gasteiger partial charge in [-0.2, -0.15) is 0 Å². The Morgan fingerprint density at radius 3 is 2.89 bits per heavy atom. The van der Waals surface area contributed by atoms with Crippen LogP contribution in [0.5, 0.6) is 0 Å². The van der Waals surface area contributed by atoms with Crippen LogP contribution in [0.1, 0.15) is 18.9 Å². The molecule has 1 heterocycles. The van der Waals surface area contributed by atoms with Gasteiger partial charge in [0.15, 0.2) is 5.12 Å². The fraction of sp³-hybridized carbons (Fsp3) is 0.385. The van der Waals surface area contributed by atoms with E-state index in [-0.39, 0.29) is 16.3 Å². The smallest absolute Gasteiger partial charge is 0.228 e. The summed E-state index contributed by atoms with van der Waals surface area (Å²) in [4.78, 5) is 24.8. The van der Waals surface area contributed by atoms with Crippen LogP contribution in [0.25, 0.3) is 0 Å². The van der Waals surface area contributed by atoms with Gasteiger partial charge >= 0.3 is 0 Å². The molecule has 2 rings (SSSR count). The van der Waals surface area contributed by atoms with Crippen LogP contribution in [0.2, 0.25) is 0 Å². The van der Waals surface area contributed by atoms with Crippen molar-refractivity contribution >= 4 is 28.5 Å². The highest BCUT2D eigenvalue weighted by Crippen LogP contribution is 2.30. The number of para-hydroxylation sites is 1. The molecule has 1 aromatic rings. The third kappa shape index (κ3) is 2.73. The summed E-state index contributed by atoms with van der Waals surface area (Å²) in [5.74, 6) is 0.0645. The van der Waals surface area contributed by atoms with Gasteiger partial charge < -0.3 is 10.6 Å². The molecule has 0 aromatic heterocycles. The minimum Gasteiger partial charge on any atom is -0.326 e. The second-order valence-corrected chi connectivity index (χ2v) is 5.75. The van der Waals surface area contributed by atoms with Gasteiger partial charge in [-0.25, -0.2) is 0 Å². The average Bonchev–Trinajstić information content (AvgIpc) is 2.69. The molecule has 1 unspecified atom stereocenters. The Morgan fingerprint density at radius 2 is 2.22 bits per heavy atom. The van der Waals surface area contributed by atoms with Gasteiger partial charge in [-0.15, -0.1) is 0 Å². The molecule has 1 aliphatic rings. The number of benzene rings is 1. The van der Waals surface area contributed by atoms with Gasteiger partial charge in [-0.05, 0) is 11.6 Å². The first-order valence-electron chi connectivity index (χ1n) is 5.87. The Hall–Kier alpha value is -1.33. The van der Waals surface area contributed by atoms with Crippen LogP contribution in [0.4, 0.5) is 5.69 Å². The summed E-state index contributed by atoms with van der Waals surface area (Å²) < 4.78 is 0. The minimum atomic E-state index is 0.0563. The van der Waals surface area contributed by atoms with E-state index >= 15 is 0 Å². The number of carbonyl (C=O) groups is 2. The SMILES string of the molecule is CC(=O)SC1CC(=O)N(c2ccccc2CN)C1. The maximum Gasteiger partial charge on any atom is 0.228 e. The van der Waals surface area contributed by atoms with Crippen molar-refractivity contribution < 1.29 is 9.59 Å². The lowest BCUT2D eigenvalue weighted by atomic mass is 10.1. The van der Waals surface area contributed by atoms with Crippen molar-refractivity contribution in [2.75, 3.05) is 11.4 Å². The monoisotopic (exact) mass is 264 g/mol. The van der Waals surface area contributed by atoms with E-state index in [1.165, 1.54) is 18.7 Å². The van der Waals surface area contributed by atoms with Crippen molar-refractivity contribution in [1.82, 2.24) is 0 Å². The van der Waals surface area contributed by atoms with Crippen LogP contribution in [0.15, 0.2) is 24.3 Å². The molecule has 1 fully saturated rings. The van der Waals surface area contributed by atoms with Crippen molar-refractivity contribution in [2.45, 2.75) is 25.1 Å². The zero-order chi connectivity index (χ0) is 13.1. The minimum absolute atomic E-state index is 0.0563. The number of nitrogens with two attached hydrogens (primary N) is 1. The van der Waals surface area contributed by atoms with E-state index in [0.29, 0.717) is 19.5 Å². The lowest BCUT2D eigenvalue weighted by Crippen LogP contribution is -2.26. The fourth-order valence-electron chi connectivity index (χ4n) is 2.17. The first-order valence-corrected chi connectivity index (χ1v) is 6.75. The van der Waals surface area contributed by atoms with E-state index in [0.717, 1.165) is 11.3 Å². The van der Waals surface area contributed by atoms with Crippen molar-refractivity contribution in [3.63, 3.8) is 0 Å². The molecule has 1 saturated heterocycles. The standard InChI is InChI=1S/C13H16N2O2S/c1-9(16)18-11-6-13(17)15(8-11)12-5-3-2-4-10(12)7-14/h2-5,11H,6-8,14H2,1H3. The number of hydrogen-bond donors (Lipinski definition) is 1. The van der Waals surface area contributed by atoms with Crippen molar-refractivity contribution in [2.24, 2.45) is 5.73 Å². The number of carbonyl (C=O) groups excluding carboxylic acids is 2. The first kappa shape index (κ1) is 13.1. The molecule has 0 radical (unpaired) electrons. The Bertz CT molecular complexity index is 476. The van der Waals surface area contributed by atoms with E-state index in [4.69, 9.17) is 5.73 Å². The van der Waals surface area contributed by atoms with Crippen molar-refractivity contribution in [3.05, 3.63) is 29.8 Å². The van der Waals surface area contributed by atoms with Gasteiger partial charge in [0.25, 0.3) is 0 Å². The summed E-state index contributed by atoms with van der Waals surface area (Å²) in [7, 11) is 0. The summed E-state index contributed by atoms with van der Waals surface area (Å²) in [6.45, 7) is 2.52. The third-order valence-corrected chi connectivity index (χ3v) is 3.91. The largest absolute Gasteiger partial charge is 0.326 e. The highest BCUT2D eigenvalue weighted by atomic mass is 32.2. The maximum absolute atomic E-state index is 12.0. The summed E-state index contributed by atoms with van der Waals surface area (Å²) in [6.07, 6.45) is 0.420. The Labute approximate surface area is 111 Å². The number of anilines is 1. The predicted octanol–water partition coefficient (Wildman–Crippen LogP) is 1.53. The van der Waals surface area contributed by atoms with Gasteiger partial charge in [0.05, 0.1) is 0 Å². The molecule has 96 valence electrons. The van der Waals surface area contributed by atoms with Gasteiger partial charge in [0.1, 0.15) is 0 Å². The number of thioether (sulfide) groups is 1. The number of nitrogens with zero attached hydrogens (tertiary/aromatic N) is 1. The molecule has 0 saturated carbocycles. The highest BCUT2D eigenvalue weighted by Gasteiger charge is 2.32. The summed E-state index contributed by atoms with van der Waals surface area (Å²) in [5, 5.41) is 0.114. The maximum atomic E-state index is 12.0. The molecule has 4 nitrogen and oxygen atoms in total. The lowest BCUT2D eigenvalue weighted by Gasteiger charge is -2.19. The number of amides is 1.